The molecule has 0 spiro atoms. The molecule has 1 aromatic carbocycles. The summed E-state index contributed by atoms with van der Waals surface area (Å²) in [5.41, 5.74) is -5.58. The molecule has 0 radical (unpaired) electrons. The minimum atomic E-state index is -1.71. The number of likely N-dealkylation sites (tertiary alicyclic amines) is 1. The van der Waals surface area contributed by atoms with E-state index in [0.717, 1.165) is 10.6 Å². The standard InChI is InChI=1S/C65H104N6O17/c1-20-61(4,5)48(59(84)87-33-29-67-50(72)39-24-26-40(27-25-39)70(18)19)43(55(78)79)37-64(10,11)47-41(52(74)71(53(47)75)32-23-31-69(16)17)34-63(8,9)46(51(73)66-28-22-30-68(14)15)42(54(76)77)35-65(12,13)49(58(83)86-21-2)44(56(80)81)36-62(6,7)45-38(3)57(82)88-60(45)85/h24-27,38,41-49H,20-23,28-37H2,1-19H3,(H,66,73)(H,67,72)(H,76,77)(H,78,79)(H,80,81). The molecule has 2 fully saturated rings. The Morgan fingerprint density at radius 1 is 0.602 bits per heavy atom. The van der Waals surface area contributed by atoms with Crippen LogP contribution in [-0.2, 0) is 62.2 Å². The topological polar surface area (TPSA) is 313 Å². The number of carbonyl (C=O) groups excluding carboxylic acids is 8. The number of nitrogens with one attached hydrogen (secondary N) is 2. The first kappa shape index (κ1) is 75.8. The normalized spacial score (nSPS) is 19.8. The van der Waals surface area contributed by atoms with E-state index >= 15 is 14.4 Å². The van der Waals surface area contributed by atoms with Crippen LogP contribution in [0, 0.1) is 86.3 Å². The molecule has 10 unspecified atom stereocenters. The third-order valence-electron chi connectivity index (χ3n) is 18.5. The zero-order valence-electron chi connectivity index (χ0n) is 55.8. The predicted molar refractivity (Wildman–Crippen MR) is 329 cm³/mol. The second-order valence-electron chi connectivity index (χ2n) is 28.5. The molecule has 0 aliphatic carbocycles. The number of imide groups is 1. The summed E-state index contributed by atoms with van der Waals surface area (Å²) in [6, 6.07) is 6.88. The Morgan fingerprint density at radius 2 is 1.09 bits per heavy atom. The van der Waals surface area contributed by atoms with Crippen LogP contribution in [0.25, 0.3) is 0 Å². The minimum Gasteiger partial charge on any atom is -0.481 e. The summed E-state index contributed by atoms with van der Waals surface area (Å²) in [6.45, 7) is 21.6. The van der Waals surface area contributed by atoms with Crippen molar-refractivity contribution in [2.45, 2.75) is 135 Å². The second-order valence-corrected chi connectivity index (χ2v) is 28.5. The van der Waals surface area contributed by atoms with Crippen LogP contribution in [0.5, 0.6) is 0 Å². The van der Waals surface area contributed by atoms with Crippen LogP contribution in [0.15, 0.2) is 24.3 Å². The first-order valence-corrected chi connectivity index (χ1v) is 30.8. The highest BCUT2D eigenvalue weighted by Gasteiger charge is 2.60. The summed E-state index contributed by atoms with van der Waals surface area (Å²) in [5, 5.41) is 39.4. The average molecular weight is 1240 g/mol. The number of carboxylic acids is 3. The molecule has 88 heavy (non-hydrogen) atoms. The lowest BCUT2D eigenvalue weighted by Crippen LogP contribution is -2.51. The lowest BCUT2D eigenvalue weighted by Gasteiger charge is -2.45. The predicted octanol–water partition coefficient (Wildman–Crippen LogP) is 6.60. The number of benzene rings is 1. The van der Waals surface area contributed by atoms with Gasteiger partial charge in [-0.2, -0.15) is 0 Å². The van der Waals surface area contributed by atoms with Crippen molar-refractivity contribution in [3.63, 3.8) is 0 Å². The van der Waals surface area contributed by atoms with Gasteiger partial charge >= 0.3 is 41.8 Å². The number of hydrogen-bond acceptors (Lipinski definition) is 17. The van der Waals surface area contributed by atoms with Crippen molar-refractivity contribution in [1.29, 1.82) is 0 Å². The van der Waals surface area contributed by atoms with Crippen LogP contribution in [0.1, 0.15) is 145 Å². The summed E-state index contributed by atoms with van der Waals surface area (Å²) < 4.78 is 16.2. The van der Waals surface area contributed by atoms with Gasteiger partial charge in [0.15, 0.2) is 0 Å². The van der Waals surface area contributed by atoms with Gasteiger partial charge in [0.2, 0.25) is 17.7 Å². The van der Waals surface area contributed by atoms with Gasteiger partial charge in [-0.15, -0.1) is 0 Å². The molecule has 496 valence electrons. The van der Waals surface area contributed by atoms with Crippen LogP contribution in [0.2, 0.25) is 0 Å². The van der Waals surface area contributed by atoms with E-state index in [-0.39, 0.29) is 52.1 Å². The minimum absolute atomic E-state index is 0.0207. The highest BCUT2D eigenvalue weighted by Crippen LogP contribution is 2.54. The molecule has 2 aliphatic heterocycles. The number of hydrogen-bond donors (Lipinski definition) is 5. The first-order chi connectivity index (χ1) is 40.5. The second kappa shape index (κ2) is 31.3. The van der Waals surface area contributed by atoms with E-state index in [4.69, 9.17) is 14.2 Å². The molecular formula is C65H104N6O17. The van der Waals surface area contributed by atoms with Crippen molar-refractivity contribution in [2.75, 3.05) is 93.1 Å². The van der Waals surface area contributed by atoms with Crippen LogP contribution in [0.3, 0.4) is 0 Å². The summed E-state index contributed by atoms with van der Waals surface area (Å²) in [5.74, 6) is -24.0. The van der Waals surface area contributed by atoms with E-state index in [0.29, 0.717) is 37.9 Å². The summed E-state index contributed by atoms with van der Waals surface area (Å²) >= 11 is 0. The molecule has 23 nitrogen and oxygen atoms in total. The first-order valence-electron chi connectivity index (χ1n) is 30.8. The highest BCUT2D eigenvalue weighted by molar-refractivity contribution is 6.05. The van der Waals surface area contributed by atoms with E-state index in [1.165, 1.54) is 27.7 Å². The number of esters is 4. The number of amides is 4. The van der Waals surface area contributed by atoms with Crippen LogP contribution in [-0.4, -0.2) is 184 Å². The summed E-state index contributed by atoms with van der Waals surface area (Å²) in [4.78, 5) is 162. The van der Waals surface area contributed by atoms with Gasteiger partial charge in [-0.25, -0.2) is 0 Å². The molecule has 2 aliphatic rings. The lowest BCUT2D eigenvalue weighted by atomic mass is 9.57. The van der Waals surface area contributed by atoms with Gasteiger partial charge in [0, 0.05) is 38.4 Å². The van der Waals surface area contributed by atoms with Crippen LogP contribution >= 0.6 is 0 Å². The highest BCUT2D eigenvalue weighted by atomic mass is 16.6. The third-order valence-corrected chi connectivity index (χ3v) is 18.5. The fraction of sp³-hybridized carbons (Fsp3) is 0.738. The number of rotatable bonds is 37. The molecule has 1 aromatic rings. The Balaban J connectivity index is 2.22. The zero-order chi connectivity index (χ0) is 67.4. The molecule has 23 heteroatoms. The Hall–Kier alpha value is -6.49. The maximum absolute atomic E-state index is 15.2. The molecule has 0 saturated carbocycles. The van der Waals surface area contributed by atoms with Crippen LogP contribution < -0.4 is 15.5 Å². The molecule has 3 rings (SSSR count). The Kier molecular flexibility index (Phi) is 26.9. The molecule has 0 bridgehead atoms. The van der Waals surface area contributed by atoms with Gasteiger partial charge < -0.3 is 54.9 Å². The van der Waals surface area contributed by atoms with Gasteiger partial charge in [-0.1, -0.05) is 89.5 Å². The lowest BCUT2D eigenvalue weighted by molar-refractivity contribution is -0.168. The van der Waals surface area contributed by atoms with E-state index in [2.05, 4.69) is 10.6 Å². The van der Waals surface area contributed by atoms with Gasteiger partial charge in [-0.3, -0.25) is 57.6 Å². The maximum Gasteiger partial charge on any atom is 0.318 e. The number of carbonyl (C=O) groups is 11. The number of aliphatic carboxylic acids is 3. The monoisotopic (exact) mass is 1240 g/mol. The van der Waals surface area contributed by atoms with Gasteiger partial charge in [0.1, 0.15) is 6.61 Å². The van der Waals surface area contributed by atoms with Crippen LogP contribution in [0.4, 0.5) is 5.69 Å². The van der Waals surface area contributed by atoms with Crippen molar-refractivity contribution in [2.24, 2.45) is 86.3 Å². The molecule has 10 atom stereocenters. The Bertz CT molecular complexity index is 2660. The van der Waals surface area contributed by atoms with Crippen molar-refractivity contribution in [1.82, 2.24) is 25.3 Å². The van der Waals surface area contributed by atoms with Gasteiger partial charge in [-0.05, 0) is 138 Å². The summed E-state index contributed by atoms with van der Waals surface area (Å²) in [7, 11) is 11.1. The zero-order valence-corrected chi connectivity index (χ0v) is 55.8. The SMILES string of the molecule is CCOC(=O)C(C(CC(C)(C)C1C(=O)OC(=O)C1C)C(=O)O)C(C)(C)CC(C(=O)O)C(C(=O)NCCCN(C)C)C(C)(C)CC1C(=O)N(CCCN(C)C)C(=O)C1C(C)(C)CC(C(=O)O)C(C(=O)OCCNC(=O)c1ccc(N(C)C)cc1)C(C)(C)CC. The van der Waals surface area contributed by atoms with Crippen molar-refractivity contribution >= 4 is 71.1 Å². The average Bonchev–Trinajstić information content (AvgIpc) is 4.05. The number of carboxylic acid groups (broad SMARTS) is 3. The molecule has 4 amide bonds. The van der Waals surface area contributed by atoms with E-state index < -0.39 is 158 Å². The molecule has 2 heterocycles. The largest absolute Gasteiger partial charge is 0.481 e. The third kappa shape index (κ3) is 19.3. The molecule has 2 saturated heterocycles. The number of cyclic esters (lactones) is 2. The maximum atomic E-state index is 15.2. The number of nitrogens with zero attached hydrogens (tertiary/aromatic N) is 4. The van der Waals surface area contributed by atoms with Gasteiger partial charge in [0.05, 0.1) is 72.3 Å². The quantitative estimate of drug-likeness (QED) is 0.0154. The molecule has 5 N–H and O–H groups in total. The Morgan fingerprint density at radius 3 is 1.56 bits per heavy atom. The summed E-state index contributed by atoms with van der Waals surface area (Å²) in [6.07, 6.45) is -0.374. The number of ether oxygens (including phenoxy) is 3. The smallest absolute Gasteiger partial charge is 0.318 e. The fourth-order valence-electron chi connectivity index (χ4n) is 13.8. The van der Waals surface area contributed by atoms with Crippen molar-refractivity contribution < 1.29 is 82.3 Å². The van der Waals surface area contributed by atoms with E-state index in [1.807, 2.05) is 57.0 Å². The fourth-order valence-corrected chi connectivity index (χ4v) is 13.8. The number of anilines is 1. The van der Waals surface area contributed by atoms with E-state index in [1.54, 1.807) is 86.6 Å². The molecular weight excluding hydrogens is 1140 g/mol. The Labute approximate surface area is 521 Å². The van der Waals surface area contributed by atoms with E-state index in [9.17, 15) is 53.7 Å². The van der Waals surface area contributed by atoms with Crippen molar-refractivity contribution in [3.8, 4) is 0 Å². The van der Waals surface area contributed by atoms with Crippen molar-refractivity contribution in [3.05, 3.63) is 29.8 Å². The molecule has 0 aromatic heterocycles. The van der Waals surface area contributed by atoms with Gasteiger partial charge in [0.25, 0.3) is 5.91 Å².